The first-order valence-corrected chi connectivity index (χ1v) is 8.29. The predicted molar refractivity (Wildman–Crippen MR) is 94.4 cm³/mol. The molecule has 0 unspecified atom stereocenters. The number of nitrogens with zero attached hydrogens (tertiary/aromatic N) is 2. The van der Waals surface area contributed by atoms with Crippen LogP contribution in [0.3, 0.4) is 0 Å². The number of rotatable bonds is 3. The molecule has 2 aromatic rings. The van der Waals surface area contributed by atoms with E-state index < -0.39 is 5.60 Å². The van der Waals surface area contributed by atoms with Gasteiger partial charge in [-0.1, -0.05) is 6.07 Å². The third-order valence-corrected chi connectivity index (χ3v) is 3.98. The Balaban J connectivity index is 1.86. The molecule has 6 heteroatoms. The van der Waals surface area contributed by atoms with E-state index in [2.05, 4.69) is 10.3 Å². The van der Waals surface area contributed by atoms with E-state index >= 15 is 0 Å². The number of pyridine rings is 1. The molecular formula is C19H22FN3O2. The number of halogens is 1. The highest BCUT2D eigenvalue weighted by Gasteiger charge is 2.34. The Labute approximate surface area is 146 Å². The number of amides is 1. The quantitative estimate of drug-likeness (QED) is 0.925. The van der Waals surface area contributed by atoms with Crippen LogP contribution in [0.1, 0.15) is 31.1 Å². The summed E-state index contributed by atoms with van der Waals surface area (Å²) in [6.07, 6.45) is 1.56. The summed E-state index contributed by atoms with van der Waals surface area (Å²) in [4.78, 5) is 19.1. The summed E-state index contributed by atoms with van der Waals surface area (Å²) in [5, 5.41) is 3.04. The van der Waals surface area contributed by atoms with Crippen LogP contribution in [0.2, 0.25) is 0 Å². The second-order valence-corrected chi connectivity index (χ2v) is 6.91. The van der Waals surface area contributed by atoms with Crippen molar-refractivity contribution < 1.29 is 13.9 Å². The number of ether oxygens (including phenoxy) is 1. The maximum absolute atomic E-state index is 13.4. The molecule has 1 fully saturated rings. The zero-order valence-electron chi connectivity index (χ0n) is 14.6. The van der Waals surface area contributed by atoms with E-state index in [9.17, 15) is 9.18 Å². The Morgan fingerprint density at radius 2 is 2.16 bits per heavy atom. The molecule has 0 bridgehead atoms. The molecular weight excluding hydrogens is 321 g/mol. The maximum atomic E-state index is 13.4. The molecule has 3 rings (SSSR count). The van der Waals surface area contributed by atoms with Gasteiger partial charge in [0.15, 0.2) is 0 Å². The highest BCUT2D eigenvalue weighted by Crippen LogP contribution is 2.25. The summed E-state index contributed by atoms with van der Waals surface area (Å²) >= 11 is 0. The molecule has 0 spiro atoms. The highest BCUT2D eigenvalue weighted by atomic mass is 19.1. The molecule has 1 aliphatic heterocycles. The van der Waals surface area contributed by atoms with Crippen LogP contribution in [0.15, 0.2) is 42.6 Å². The van der Waals surface area contributed by atoms with Crippen molar-refractivity contribution in [3.8, 4) is 0 Å². The van der Waals surface area contributed by atoms with Crippen LogP contribution < -0.4 is 5.32 Å². The fraction of sp³-hybridized carbons (Fsp3) is 0.368. The van der Waals surface area contributed by atoms with E-state index in [0.717, 1.165) is 0 Å². The first-order valence-electron chi connectivity index (χ1n) is 8.29. The van der Waals surface area contributed by atoms with E-state index in [0.29, 0.717) is 30.2 Å². The van der Waals surface area contributed by atoms with E-state index in [1.807, 2.05) is 20.8 Å². The summed E-state index contributed by atoms with van der Waals surface area (Å²) in [5.41, 5.74) is 0.603. The molecule has 1 aromatic heterocycles. The Bertz CT molecular complexity index is 779. The lowest BCUT2D eigenvalue weighted by atomic mass is 10.0. The van der Waals surface area contributed by atoms with Crippen molar-refractivity contribution in [2.24, 2.45) is 0 Å². The number of anilines is 2. The monoisotopic (exact) mass is 343 g/mol. The molecule has 0 aliphatic carbocycles. The van der Waals surface area contributed by atoms with Gasteiger partial charge in [-0.15, -0.1) is 0 Å². The van der Waals surface area contributed by atoms with Gasteiger partial charge in [0, 0.05) is 25.0 Å². The standard InChI is InChI=1S/C19H22FN3O2/c1-13-11-23(12-19(2,3)25-13)18(24)16-8-5-9-21-17(16)22-15-7-4-6-14(20)10-15/h4-10,13H,11-12H2,1-3H3,(H,21,22)/t13-/m0/s1. The van der Waals surface area contributed by atoms with Crippen LogP contribution >= 0.6 is 0 Å². The van der Waals surface area contributed by atoms with Crippen molar-refractivity contribution in [1.82, 2.24) is 9.88 Å². The van der Waals surface area contributed by atoms with Gasteiger partial charge in [0.1, 0.15) is 11.6 Å². The number of morpholine rings is 1. The van der Waals surface area contributed by atoms with Crippen molar-refractivity contribution >= 4 is 17.4 Å². The zero-order chi connectivity index (χ0) is 18.0. The number of hydrogen-bond donors (Lipinski definition) is 1. The van der Waals surface area contributed by atoms with Crippen LogP contribution in [0.5, 0.6) is 0 Å². The molecule has 1 N–H and O–H groups in total. The Kier molecular flexibility index (Phi) is 4.72. The van der Waals surface area contributed by atoms with Crippen LogP contribution in [0.4, 0.5) is 15.9 Å². The lowest BCUT2D eigenvalue weighted by molar-refractivity contribution is -0.118. The third kappa shape index (κ3) is 4.14. The average molecular weight is 343 g/mol. The fourth-order valence-corrected chi connectivity index (χ4v) is 3.16. The van der Waals surface area contributed by atoms with Crippen LogP contribution in [-0.2, 0) is 4.74 Å². The molecule has 0 radical (unpaired) electrons. The third-order valence-electron chi connectivity index (χ3n) is 3.98. The minimum Gasteiger partial charge on any atom is -0.369 e. The van der Waals surface area contributed by atoms with Crippen molar-refractivity contribution in [3.05, 3.63) is 54.0 Å². The second-order valence-electron chi connectivity index (χ2n) is 6.91. The zero-order valence-corrected chi connectivity index (χ0v) is 14.6. The molecule has 25 heavy (non-hydrogen) atoms. The molecule has 1 aromatic carbocycles. The summed E-state index contributed by atoms with van der Waals surface area (Å²) in [6, 6.07) is 9.51. The molecule has 1 amide bonds. The smallest absolute Gasteiger partial charge is 0.257 e. The lowest BCUT2D eigenvalue weighted by Gasteiger charge is -2.41. The number of carbonyl (C=O) groups is 1. The lowest BCUT2D eigenvalue weighted by Crippen LogP contribution is -2.53. The van der Waals surface area contributed by atoms with Gasteiger partial charge in [-0.25, -0.2) is 9.37 Å². The van der Waals surface area contributed by atoms with E-state index in [-0.39, 0.29) is 17.8 Å². The summed E-state index contributed by atoms with van der Waals surface area (Å²) < 4.78 is 19.3. The van der Waals surface area contributed by atoms with Gasteiger partial charge >= 0.3 is 0 Å². The van der Waals surface area contributed by atoms with Crippen LogP contribution in [-0.4, -0.2) is 40.6 Å². The molecule has 5 nitrogen and oxygen atoms in total. The Hall–Kier alpha value is -2.47. The summed E-state index contributed by atoms with van der Waals surface area (Å²) in [7, 11) is 0. The second kappa shape index (κ2) is 6.80. The molecule has 2 heterocycles. The minimum absolute atomic E-state index is 0.0380. The highest BCUT2D eigenvalue weighted by molar-refractivity contribution is 5.99. The first kappa shape index (κ1) is 17.4. The van der Waals surface area contributed by atoms with Gasteiger partial charge < -0.3 is 15.0 Å². The number of benzene rings is 1. The Morgan fingerprint density at radius 1 is 1.36 bits per heavy atom. The molecule has 132 valence electrons. The number of hydrogen-bond acceptors (Lipinski definition) is 4. The summed E-state index contributed by atoms with van der Waals surface area (Å²) in [6.45, 7) is 6.92. The minimum atomic E-state index is -0.397. The van der Waals surface area contributed by atoms with Crippen molar-refractivity contribution in [1.29, 1.82) is 0 Å². The van der Waals surface area contributed by atoms with Crippen molar-refractivity contribution in [3.63, 3.8) is 0 Å². The van der Waals surface area contributed by atoms with E-state index in [1.54, 1.807) is 35.4 Å². The SMILES string of the molecule is C[C@H]1CN(C(=O)c2cccnc2Nc2cccc(F)c2)CC(C)(C)O1. The topological polar surface area (TPSA) is 54.5 Å². The van der Waals surface area contributed by atoms with Gasteiger partial charge in [-0.2, -0.15) is 0 Å². The largest absolute Gasteiger partial charge is 0.369 e. The van der Waals surface area contributed by atoms with Crippen molar-refractivity contribution in [2.75, 3.05) is 18.4 Å². The molecule has 1 saturated heterocycles. The van der Waals surface area contributed by atoms with Gasteiger partial charge in [-0.3, -0.25) is 4.79 Å². The van der Waals surface area contributed by atoms with E-state index in [1.165, 1.54) is 12.1 Å². The fourth-order valence-electron chi connectivity index (χ4n) is 3.16. The Morgan fingerprint density at radius 3 is 2.88 bits per heavy atom. The van der Waals surface area contributed by atoms with Gasteiger partial charge in [0.05, 0.1) is 17.3 Å². The van der Waals surface area contributed by atoms with E-state index in [4.69, 9.17) is 4.74 Å². The number of carbonyl (C=O) groups excluding carboxylic acids is 1. The van der Waals surface area contributed by atoms with Gasteiger partial charge in [0.25, 0.3) is 5.91 Å². The molecule has 0 saturated carbocycles. The first-order chi connectivity index (χ1) is 11.8. The predicted octanol–water partition coefficient (Wildman–Crippen LogP) is 3.60. The normalized spacial score (nSPS) is 19.5. The maximum Gasteiger partial charge on any atom is 0.257 e. The number of nitrogens with one attached hydrogen (secondary N) is 1. The van der Waals surface area contributed by atoms with Gasteiger partial charge in [0.2, 0.25) is 0 Å². The van der Waals surface area contributed by atoms with Crippen LogP contribution in [0, 0.1) is 5.82 Å². The van der Waals surface area contributed by atoms with Gasteiger partial charge in [-0.05, 0) is 51.1 Å². The summed E-state index contributed by atoms with van der Waals surface area (Å²) in [5.74, 6) is -0.0529. The average Bonchev–Trinajstić information content (AvgIpc) is 2.53. The van der Waals surface area contributed by atoms with Crippen molar-refractivity contribution in [2.45, 2.75) is 32.5 Å². The molecule has 1 aliphatic rings. The number of aromatic nitrogens is 1. The molecule has 1 atom stereocenters. The van der Waals surface area contributed by atoms with Crippen LogP contribution in [0.25, 0.3) is 0 Å².